The molecule has 4 nitrogen and oxygen atoms in total. The van der Waals surface area contributed by atoms with E-state index in [4.69, 9.17) is 0 Å². The number of nitrogens with zero attached hydrogens (tertiary/aromatic N) is 2. The topological polar surface area (TPSA) is 54.9 Å². The molecule has 1 amide bonds. The van der Waals surface area contributed by atoms with Gasteiger partial charge in [-0.3, -0.25) is 4.79 Å². The van der Waals surface area contributed by atoms with Crippen LogP contribution in [0.3, 0.4) is 0 Å². The Morgan fingerprint density at radius 1 is 1.22 bits per heavy atom. The average Bonchev–Trinajstić information content (AvgIpc) is 3.08. The molecule has 0 fully saturated rings. The third-order valence-electron chi connectivity index (χ3n) is 3.59. The molecule has 0 aliphatic heterocycles. The van der Waals surface area contributed by atoms with Crippen molar-refractivity contribution in [2.45, 2.75) is 37.2 Å². The number of benzene rings is 1. The summed E-state index contributed by atoms with van der Waals surface area (Å²) in [7, 11) is 0. The molecule has 0 saturated heterocycles. The smallest absolute Gasteiger partial charge is 0.326 e. The summed E-state index contributed by atoms with van der Waals surface area (Å²) in [6.45, 7) is 3.84. The molecule has 0 bridgehead atoms. The highest BCUT2D eigenvalue weighted by atomic mass is 32.2. The number of thiazole rings is 2. The van der Waals surface area contributed by atoms with Crippen LogP contribution in [-0.2, 0) is 11.2 Å². The van der Waals surface area contributed by atoms with Crippen LogP contribution in [0.1, 0.15) is 22.0 Å². The van der Waals surface area contributed by atoms with Gasteiger partial charge in [-0.25, -0.2) is 9.97 Å². The first-order valence-corrected chi connectivity index (χ1v) is 10.6. The molecule has 0 radical (unpaired) electrons. The number of alkyl halides is 3. The molecule has 10 heteroatoms. The van der Waals surface area contributed by atoms with E-state index in [0.29, 0.717) is 15.5 Å². The third-order valence-corrected chi connectivity index (χ3v) is 6.68. The molecule has 0 aliphatic carbocycles. The molecule has 2 heterocycles. The second-order valence-corrected chi connectivity index (χ2v) is 9.62. The number of anilines is 1. The van der Waals surface area contributed by atoms with Crippen LogP contribution in [0.15, 0.2) is 22.5 Å². The Balaban J connectivity index is 1.63. The highest BCUT2D eigenvalue weighted by molar-refractivity contribution is 8.01. The first-order chi connectivity index (χ1) is 12.7. The number of thioether (sulfide) groups is 1. The van der Waals surface area contributed by atoms with Crippen molar-refractivity contribution in [1.29, 1.82) is 0 Å². The maximum absolute atomic E-state index is 12.3. The molecule has 3 rings (SSSR count). The fourth-order valence-corrected chi connectivity index (χ4v) is 5.39. The van der Waals surface area contributed by atoms with Gasteiger partial charge in [-0.1, -0.05) is 11.8 Å². The molecule has 1 aromatic carbocycles. The number of carbonyl (C=O) groups is 1. The molecule has 27 heavy (non-hydrogen) atoms. The summed E-state index contributed by atoms with van der Waals surface area (Å²) in [4.78, 5) is 22.0. The number of aryl methyl sites for hydroxylation is 2. The van der Waals surface area contributed by atoms with Gasteiger partial charge in [-0.2, -0.15) is 13.2 Å². The number of aromatic nitrogens is 2. The quantitative estimate of drug-likeness (QED) is 0.517. The maximum atomic E-state index is 12.3. The number of rotatable bonds is 6. The molecule has 0 spiro atoms. The highest BCUT2D eigenvalue weighted by Crippen LogP contribution is 2.33. The van der Waals surface area contributed by atoms with Crippen LogP contribution in [0.2, 0.25) is 0 Å². The summed E-state index contributed by atoms with van der Waals surface area (Å²) >= 11 is 3.97. The minimum Gasteiger partial charge on any atom is -0.326 e. The second kappa shape index (κ2) is 8.15. The van der Waals surface area contributed by atoms with Crippen LogP contribution in [0.25, 0.3) is 10.2 Å². The maximum Gasteiger partial charge on any atom is 0.389 e. The SMILES string of the molecule is Cc1nc(CC(=O)Nc2ccc3nc(SCCC(F)(F)F)sc3c2)c(C)s1. The Kier molecular flexibility index (Phi) is 6.07. The Hall–Kier alpha value is -1.65. The lowest BCUT2D eigenvalue weighted by atomic mass is 10.2. The van der Waals surface area contributed by atoms with Crippen molar-refractivity contribution >= 4 is 56.2 Å². The lowest BCUT2D eigenvalue weighted by molar-refractivity contribution is -0.129. The monoisotopic (exact) mass is 431 g/mol. The Morgan fingerprint density at radius 2 is 2.00 bits per heavy atom. The number of nitrogens with one attached hydrogen (secondary N) is 1. The molecule has 0 saturated carbocycles. The van der Waals surface area contributed by atoms with Gasteiger partial charge in [0.1, 0.15) is 0 Å². The van der Waals surface area contributed by atoms with Crippen molar-refractivity contribution in [3.63, 3.8) is 0 Å². The Bertz CT molecular complexity index is 965. The van der Waals surface area contributed by atoms with E-state index in [1.165, 1.54) is 11.3 Å². The molecule has 144 valence electrons. The number of hydrogen-bond donors (Lipinski definition) is 1. The Morgan fingerprint density at radius 3 is 2.67 bits per heavy atom. The number of hydrogen-bond acceptors (Lipinski definition) is 6. The Labute approximate surface area is 166 Å². The summed E-state index contributed by atoms with van der Waals surface area (Å²) in [5.41, 5.74) is 2.11. The lowest BCUT2D eigenvalue weighted by Crippen LogP contribution is -2.15. The summed E-state index contributed by atoms with van der Waals surface area (Å²) in [5.74, 6) is -0.216. The average molecular weight is 432 g/mol. The van der Waals surface area contributed by atoms with Crippen molar-refractivity contribution in [2.24, 2.45) is 0 Å². The largest absolute Gasteiger partial charge is 0.389 e. The molecule has 0 atom stereocenters. The van der Waals surface area contributed by atoms with Gasteiger partial charge < -0.3 is 5.32 Å². The van der Waals surface area contributed by atoms with Crippen molar-refractivity contribution in [3.8, 4) is 0 Å². The van der Waals surface area contributed by atoms with E-state index >= 15 is 0 Å². The molecule has 1 N–H and O–H groups in total. The van der Waals surface area contributed by atoms with Crippen LogP contribution in [0.4, 0.5) is 18.9 Å². The van der Waals surface area contributed by atoms with Gasteiger partial charge in [0, 0.05) is 16.3 Å². The van der Waals surface area contributed by atoms with E-state index in [1.54, 1.807) is 29.5 Å². The summed E-state index contributed by atoms with van der Waals surface area (Å²) in [6, 6.07) is 5.29. The van der Waals surface area contributed by atoms with Crippen LogP contribution in [-0.4, -0.2) is 27.8 Å². The molecule has 0 aliphatic rings. The standard InChI is InChI=1S/C17H16F3N3OS3/c1-9-13(21-10(2)26-9)8-15(24)22-11-3-4-12-14(7-11)27-16(23-12)25-6-5-17(18,19)20/h3-4,7H,5-6,8H2,1-2H3,(H,22,24). The molecular weight excluding hydrogens is 415 g/mol. The zero-order chi connectivity index (χ0) is 19.6. The highest BCUT2D eigenvalue weighted by Gasteiger charge is 2.26. The van der Waals surface area contributed by atoms with Crippen LogP contribution in [0, 0.1) is 13.8 Å². The van der Waals surface area contributed by atoms with E-state index < -0.39 is 12.6 Å². The summed E-state index contributed by atoms with van der Waals surface area (Å²) < 4.78 is 38.1. The number of carbonyl (C=O) groups excluding carboxylic acids is 1. The number of halogens is 3. The van der Waals surface area contributed by atoms with E-state index in [2.05, 4.69) is 15.3 Å². The van der Waals surface area contributed by atoms with Crippen molar-refractivity contribution in [3.05, 3.63) is 33.8 Å². The first kappa shape index (κ1) is 20.1. The molecule has 3 aromatic rings. The van der Waals surface area contributed by atoms with Gasteiger partial charge >= 0.3 is 6.18 Å². The predicted octanol–water partition coefficient (Wildman–Crippen LogP) is 5.60. The zero-order valence-electron chi connectivity index (χ0n) is 14.5. The lowest BCUT2D eigenvalue weighted by Gasteiger charge is -2.04. The third kappa shape index (κ3) is 5.66. The van der Waals surface area contributed by atoms with E-state index in [0.717, 1.165) is 32.0 Å². The van der Waals surface area contributed by atoms with Crippen molar-refractivity contribution < 1.29 is 18.0 Å². The van der Waals surface area contributed by atoms with Crippen LogP contribution >= 0.6 is 34.4 Å². The minimum atomic E-state index is -4.16. The van der Waals surface area contributed by atoms with Gasteiger partial charge in [0.25, 0.3) is 0 Å². The first-order valence-electron chi connectivity index (χ1n) is 8.02. The van der Waals surface area contributed by atoms with Gasteiger partial charge in [-0.15, -0.1) is 22.7 Å². The summed E-state index contributed by atoms with van der Waals surface area (Å²) in [5, 5.41) is 3.77. The number of amides is 1. The number of fused-ring (bicyclic) bond motifs is 1. The fraction of sp³-hybridized carbons (Fsp3) is 0.353. The van der Waals surface area contributed by atoms with E-state index in [1.807, 2.05) is 13.8 Å². The van der Waals surface area contributed by atoms with Gasteiger partial charge in [0.05, 0.1) is 33.8 Å². The van der Waals surface area contributed by atoms with Crippen LogP contribution < -0.4 is 5.32 Å². The normalized spacial score (nSPS) is 11.9. The van der Waals surface area contributed by atoms with Crippen molar-refractivity contribution in [1.82, 2.24) is 9.97 Å². The van der Waals surface area contributed by atoms with Crippen molar-refractivity contribution in [2.75, 3.05) is 11.1 Å². The zero-order valence-corrected chi connectivity index (χ0v) is 17.0. The van der Waals surface area contributed by atoms with Crippen LogP contribution in [0.5, 0.6) is 0 Å². The van der Waals surface area contributed by atoms with Gasteiger partial charge in [0.2, 0.25) is 5.91 Å². The summed E-state index contributed by atoms with van der Waals surface area (Å²) in [6.07, 6.45) is -4.80. The second-order valence-electron chi connectivity index (χ2n) is 5.84. The molecular formula is C17H16F3N3OS3. The van der Waals surface area contributed by atoms with Gasteiger partial charge in [0.15, 0.2) is 4.34 Å². The molecule has 0 unspecified atom stereocenters. The fourth-order valence-electron chi connectivity index (χ4n) is 2.39. The minimum absolute atomic E-state index is 0.0562. The predicted molar refractivity (Wildman–Crippen MR) is 105 cm³/mol. The molecule has 2 aromatic heterocycles. The van der Waals surface area contributed by atoms with Gasteiger partial charge in [-0.05, 0) is 32.0 Å². The van der Waals surface area contributed by atoms with E-state index in [-0.39, 0.29) is 18.1 Å². The van der Waals surface area contributed by atoms with E-state index in [9.17, 15) is 18.0 Å².